The molecular weight excluding hydrogens is 312 g/mol. The van der Waals surface area contributed by atoms with Crippen molar-refractivity contribution in [2.75, 3.05) is 24.7 Å². The first-order valence-electron chi connectivity index (χ1n) is 8.04. The van der Waals surface area contributed by atoms with Crippen molar-refractivity contribution in [2.45, 2.75) is 40.5 Å². The molecule has 0 saturated carbocycles. The van der Waals surface area contributed by atoms with Gasteiger partial charge in [-0.3, -0.25) is 4.79 Å². The zero-order chi connectivity index (χ0) is 17.6. The number of nitrogens with zero attached hydrogens (tertiary/aromatic N) is 1. The number of carbonyl (C=O) groups is 1. The van der Waals surface area contributed by atoms with E-state index in [0.717, 1.165) is 35.9 Å². The molecule has 0 radical (unpaired) electrons. The van der Waals surface area contributed by atoms with Gasteiger partial charge in [0.1, 0.15) is 0 Å². The number of carbonyl (C=O) groups excluding carboxylic acids is 1. The Bertz CT molecular complexity index is 617. The number of rotatable bonds is 8. The van der Waals surface area contributed by atoms with Gasteiger partial charge in [-0.1, -0.05) is 45.9 Å². The third kappa shape index (κ3) is 5.95. The largest absolute Gasteiger partial charge is 0.324 e. The summed E-state index contributed by atoms with van der Waals surface area (Å²) in [6.07, 6.45) is 2.76. The van der Waals surface area contributed by atoms with Gasteiger partial charge < -0.3 is 5.32 Å². The molecule has 0 aliphatic heterocycles. The molecule has 1 amide bonds. The lowest BCUT2D eigenvalue weighted by molar-refractivity contribution is -0.116. The maximum atomic E-state index is 12.4. The maximum absolute atomic E-state index is 12.4. The van der Waals surface area contributed by atoms with Crippen LogP contribution in [-0.2, 0) is 27.7 Å². The first-order valence-corrected chi connectivity index (χ1v) is 9.89. The van der Waals surface area contributed by atoms with Gasteiger partial charge in [0.2, 0.25) is 15.9 Å². The minimum absolute atomic E-state index is 0.155. The number of aryl methyl sites for hydroxylation is 2. The highest BCUT2D eigenvalue weighted by molar-refractivity contribution is 7.88. The molecule has 0 saturated heterocycles. The van der Waals surface area contributed by atoms with Crippen molar-refractivity contribution < 1.29 is 13.2 Å². The topological polar surface area (TPSA) is 66.5 Å². The van der Waals surface area contributed by atoms with Gasteiger partial charge in [-0.2, -0.15) is 4.31 Å². The fraction of sp³-hybridized carbons (Fsp3) is 0.588. The van der Waals surface area contributed by atoms with Crippen molar-refractivity contribution >= 4 is 21.6 Å². The Morgan fingerprint density at radius 2 is 1.70 bits per heavy atom. The molecule has 5 nitrogen and oxygen atoms in total. The van der Waals surface area contributed by atoms with Crippen molar-refractivity contribution in [1.82, 2.24) is 4.31 Å². The fourth-order valence-corrected chi connectivity index (χ4v) is 3.39. The number of nitrogens with one attached hydrogen (secondary N) is 1. The summed E-state index contributed by atoms with van der Waals surface area (Å²) in [4.78, 5) is 12.4. The molecule has 0 spiro atoms. The highest BCUT2D eigenvalue weighted by Gasteiger charge is 2.22. The summed E-state index contributed by atoms with van der Waals surface area (Å²) >= 11 is 0. The third-order valence-electron chi connectivity index (χ3n) is 3.62. The normalized spacial score (nSPS) is 12.0. The number of anilines is 1. The third-order valence-corrected chi connectivity index (χ3v) is 4.84. The predicted octanol–water partition coefficient (Wildman–Crippen LogP) is 2.67. The van der Waals surface area contributed by atoms with Crippen LogP contribution in [0.25, 0.3) is 0 Å². The zero-order valence-electron chi connectivity index (χ0n) is 14.7. The van der Waals surface area contributed by atoms with E-state index in [9.17, 15) is 13.2 Å². The maximum Gasteiger partial charge on any atom is 0.239 e. The Labute approximate surface area is 140 Å². The number of benzene rings is 1. The zero-order valence-corrected chi connectivity index (χ0v) is 15.5. The number of sulfonamides is 1. The average molecular weight is 340 g/mol. The molecule has 0 atom stereocenters. The molecular formula is C17H28N2O3S. The van der Waals surface area contributed by atoms with Gasteiger partial charge in [0.25, 0.3) is 0 Å². The number of hydrogen-bond acceptors (Lipinski definition) is 3. The van der Waals surface area contributed by atoms with E-state index in [1.54, 1.807) is 0 Å². The molecule has 23 heavy (non-hydrogen) atoms. The molecule has 130 valence electrons. The minimum atomic E-state index is -3.41. The lowest BCUT2D eigenvalue weighted by atomic mass is 10.0. The fourth-order valence-electron chi connectivity index (χ4n) is 2.47. The van der Waals surface area contributed by atoms with Crippen LogP contribution in [0, 0.1) is 5.92 Å². The highest BCUT2D eigenvalue weighted by atomic mass is 32.2. The summed E-state index contributed by atoms with van der Waals surface area (Å²) in [5.41, 5.74) is 2.94. The van der Waals surface area contributed by atoms with Crippen molar-refractivity contribution in [3.8, 4) is 0 Å². The standard InChI is InChI=1S/C17H28N2O3S/c1-6-14-9-8-10-15(7-2)17(14)18-16(20)12-19(11-13(3)4)23(5,21)22/h8-10,13H,6-7,11-12H2,1-5H3,(H,18,20). The Morgan fingerprint density at radius 3 is 2.09 bits per heavy atom. The van der Waals surface area contributed by atoms with E-state index in [-0.39, 0.29) is 18.4 Å². The summed E-state index contributed by atoms with van der Waals surface area (Å²) in [5.74, 6) is -0.140. The Hall–Kier alpha value is -1.40. The first-order chi connectivity index (χ1) is 10.7. The van der Waals surface area contributed by atoms with Crippen LogP contribution in [0.15, 0.2) is 18.2 Å². The van der Waals surface area contributed by atoms with Crippen LogP contribution in [0.2, 0.25) is 0 Å². The number of hydrogen-bond donors (Lipinski definition) is 1. The second kappa shape index (κ2) is 8.45. The van der Waals surface area contributed by atoms with Crippen molar-refractivity contribution in [3.63, 3.8) is 0 Å². The van der Waals surface area contributed by atoms with Gasteiger partial charge in [-0.25, -0.2) is 8.42 Å². The monoisotopic (exact) mass is 340 g/mol. The van der Waals surface area contributed by atoms with Gasteiger partial charge in [0.05, 0.1) is 12.8 Å². The van der Waals surface area contributed by atoms with Gasteiger partial charge >= 0.3 is 0 Å². The molecule has 0 aromatic heterocycles. The second-order valence-electron chi connectivity index (χ2n) is 6.16. The predicted molar refractivity (Wildman–Crippen MR) is 95.1 cm³/mol. The molecule has 0 unspecified atom stereocenters. The van der Waals surface area contributed by atoms with Crippen LogP contribution in [-0.4, -0.2) is 38.0 Å². The van der Waals surface area contributed by atoms with Crippen molar-refractivity contribution in [2.24, 2.45) is 5.92 Å². The van der Waals surface area contributed by atoms with Gasteiger partial charge in [-0.05, 0) is 29.9 Å². The van der Waals surface area contributed by atoms with Crippen LogP contribution >= 0.6 is 0 Å². The van der Waals surface area contributed by atoms with E-state index in [1.807, 2.05) is 45.9 Å². The van der Waals surface area contributed by atoms with Crippen LogP contribution < -0.4 is 5.32 Å². The van der Waals surface area contributed by atoms with Gasteiger partial charge in [0, 0.05) is 12.2 Å². The Morgan fingerprint density at radius 1 is 1.17 bits per heavy atom. The van der Waals surface area contributed by atoms with E-state index < -0.39 is 10.0 Å². The molecule has 1 N–H and O–H groups in total. The summed E-state index contributed by atoms with van der Waals surface area (Å²) in [5, 5.41) is 2.91. The number of amides is 1. The van der Waals surface area contributed by atoms with Gasteiger partial charge in [-0.15, -0.1) is 0 Å². The first kappa shape index (κ1) is 19.6. The lowest BCUT2D eigenvalue weighted by Gasteiger charge is -2.22. The quantitative estimate of drug-likeness (QED) is 0.791. The van der Waals surface area contributed by atoms with Crippen LogP contribution in [0.5, 0.6) is 0 Å². The molecule has 6 heteroatoms. The molecule has 0 aliphatic carbocycles. The lowest BCUT2D eigenvalue weighted by Crippen LogP contribution is -2.39. The van der Waals surface area contributed by atoms with E-state index >= 15 is 0 Å². The summed E-state index contributed by atoms with van der Waals surface area (Å²) < 4.78 is 24.9. The summed E-state index contributed by atoms with van der Waals surface area (Å²) in [6, 6.07) is 5.95. The van der Waals surface area contributed by atoms with Crippen LogP contribution in [0.3, 0.4) is 0 Å². The van der Waals surface area contributed by atoms with E-state index in [1.165, 1.54) is 4.31 Å². The molecule has 0 heterocycles. The SMILES string of the molecule is CCc1cccc(CC)c1NC(=O)CN(CC(C)C)S(C)(=O)=O. The molecule has 0 aliphatic rings. The summed E-state index contributed by atoms with van der Waals surface area (Å²) in [7, 11) is -3.41. The highest BCUT2D eigenvalue weighted by Crippen LogP contribution is 2.22. The van der Waals surface area contributed by atoms with E-state index in [2.05, 4.69) is 5.32 Å². The Kier molecular flexibility index (Phi) is 7.22. The Balaban J connectivity index is 2.95. The molecule has 0 fully saturated rings. The van der Waals surface area contributed by atoms with E-state index in [0.29, 0.717) is 6.54 Å². The summed E-state index contributed by atoms with van der Waals surface area (Å²) in [6.45, 7) is 8.11. The molecule has 0 bridgehead atoms. The van der Waals surface area contributed by atoms with E-state index in [4.69, 9.17) is 0 Å². The van der Waals surface area contributed by atoms with Gasteiger partial charge in [0.15, 0.2) is 0 Å². The van der Waals surface area contributed by atoms with Crippen molar-refractivity contribution in [3.05, 3.63) is 29.3 Å². The molecule has 1 aromatic rings. The molecule has 1 aromatic carbocycles. The smallest absolute Gasteiger partial charge is 0.239 e. The van der Waals surface area contributed by atoms with Crippen LogP contribution in [0.4, 0.5) is 5.69 Å². The minimum Gasteiger partial charge on any atom is -0.324 e. The molecule has 1 rings (SSSR count). The van der Waals surface area contributed by atoms with Crippen molar-refractivity contribution in [1.29, 1.82) is 0 Å². The second-order valence-corrected chi connectivity index (χ2v) is 8.14. The van der Waals surface area contributed by atoms with Crippen LogP contribution in [0.1, 0.15) is 38.8 Å². The average Bonchev–Trinajstić information content (AvgIpc) is 2.45. The number of para-hydroxylation sites is 1.